The summed E-state index contributed by atoms with van der Waals surface area (Å²) in [5, 5.41) is 7.13. The predicted octanol–water partition coefficient (Wildman–Crippen LogP) is 2.17. The number of nitrogens with one attached hydrogen (secondary N) is 2. The highest BCUT2D eigenvalue weighted by Crippen LogP contribution is 2.22. The third-order valence-electron chi connectivity index (χ3n) is 4.52. The zero-order valence-electron chi connectivity index (χ0n) is 11.9. The first-order valence-corrected chi connectivity index (χ1v) is 7.93. The summed E-state index contributed by atoms with van der Waals surface area (Å²) < 4.78 is 5.72. The van der Waals surface area contributed by atoms with E-state index in [0.717, 1.165) is 25.0 Å². The van der Waals surface area contributed by atoms with Crippen LogP contribution in [0.15, 0.2) is 0 Å². The smallest absolute Gasteiger partial charge is 0.0613 e. The van der Waals surface area contributed by atoms with E-state index in [0.29, 0.717) is 6.10 Å². The number of ether oxygens (including phenoxy) is 1. The Balaban J connectivity index is 1.48. The van der Waals surface area contributed by atoms with Gasteiger partial charge in [0.25, 0.3) is 0 Å². The zero-order valence-corrected chi connectivity index (χ0v) is 11.9. The summed E-state index contributed by atoms with van der Waals surface area (Å²) in [6.07, 6.45) is 8.45. The second kappa shape index (κ2) is 8.13. The van der Waals surface area contributed by atoms with Gasteiger partial charge < -0.3 is 15.4 Å². The van der Waals surface area contributed by atoms with Crippen LogP contribution < -0.4 is 10.6 Å². The molecule has 18 heavy (non-hydrogen) atoms. The topological polar surface area (TPSA) is 33.3 Å². The van der Waals surface area contributed by atoms with Crippen molar-refractivity contribution >= 4 is 0 Å². The van der Waals surface area contributed by atoms with E-state index in [9.17, 15) is 0 Å². The molecule has 2 fully saturated rings. The third kappa shape index (κ3) is 4.52. The van der Waals surface area contributed by atoms with Crippen LogP contribution in [-0.2, 0) is 4.74 Å². The van der Waals surface area contributed by atoms with Crippen molar-refractivity contribution in [2.45, 2.75) is 51.6 Å². The molecule has 2 heterocycles. The van der Waals surface area contributed by atoms with Gasteiger partial charge >= 0.3 is 0 Å². The molecule has 0 aromatic heterocycles. The lowest BCUT2D eigenvalue weighted by molar-refractivity contribution is 0.0873. The summed E-state index contributed by atoms with van der Waals surface area (Å²) in [6.45, 7) is 8.02. The predicted molar refractivity (Wildman–Crippen MR) is 75.8 cm³/mol. The van der Waals surface area contributed by atoms with Gasteiger partial charge in [0.15, 0.2) is 0 Å². The molecule has 3 heteroatoms. The van der Waals surface area contributed by atoms with Crippen LogP contribution in [0.25, 0.3) is 0 Å². The van der Waals surface area contributed by atoms with Crippen LogP contribution in [0, 0.1) is 11.8 Å². The molecule has 0 spiro atoms. The molecule has 0 radical (unpaired) electrons. The van der Waals surface area contributed by atoms with Crippen LogP contribution in [0.3, 0.4) is 0 Å². The average molecular weight is 254 g/mol. The van der Waals surface area contributed by atoms with Gasteiger partial charge in [0.1, 0.15) is 0 Å². The zero-order chi connectivity index (χ0) is 12.6. The minimum atomic E-state index is 0.514. The molecule has 3 nitrogen and oxygen atoms in total. The molecule has 3 unspecified atom stereocenters. The van der Waals surface area contributed by atoms with Crippen molar-refractivity contribution in [1.82, 2.24) is 10.6 Å². The van der Waals surface area contributed by atoms with Crippen molar-refractivity contribution in [3.63, 3.8) is 0 Å². The van der Waals surface area contributed by atoms with E-state index in [1.54, 1.807) is 0 Å². The van der Waals surface area contributed by atoms with Crippen molar-refractivity contribution in [3.8, 4) is 0 Å². The van der Waals surface area contributed by atoms with Crippen LogP contribution in [0.2, 0.25) is 0 Å². The molecule has 0 saturated carbocycles. The number of piperidine rings is 1. The Bertz CT molecular complexity index is 217. The van der Waals surface area contributed by atoms with E-state index >= 15 is 0 Å². The van der Waals surface area contributed by atoms with Crippen LogP contribution in [0.4, 0.5) is 0 Å². The van der Waals surface area contributed by atoms with Crippen LogP contribution in [-0.4, -0.2) is 38.9 Å². The van der Waals surface area contributed by atoms with Crippen LogP contribution in [0.5, 0.6) is 0 Å². The van der Waals surface area contributed by atoms with Crippen LogP contribution in [0.1, 0.15) is 45.4 Å². The molecule has 0 aromatic rings. The van der Waals surface area contributed by atoms with Gasteiger partial charge in [-0.2, -0.15) is 0 Å². The Morgan fingerprint density at radius 2 is 2.28 bits per heavy atom. The van der Waals surface area contributed by atoms with Crippen molar-refractivity contribution < 1.29 is 4.74 Å². The minimum Gasteiger partial charge on any atom is -0.378 e. The lowest BCUT2D eigenvalue weighted by Gasteiger charge is -2.23. The molecule has 0 bridgehead atoms. The van der Waals surface area contributed by atoms with Crippen molar-refractivity contribution in [2.24, 2.45) is 11.8 Å². The largest absolute Gasteiger partial charge is 0.378 e. The molecule has 2 rings (SSSR count). The lowest BCUT2D eigenvalue weighted by atomic mass is 9.94. The molecule has 2 saturated heterocycles. The quantitative estimate of drug-likeness (QED) is 0.683. The van der Waals surface area contributed by atoms with E-state index in [-0.39, 0.29) is 0 Å². The van der Waals surface area contributed by atoms with E-state index in [1.807, 2.05) is 0 Å². The van der Waals surface area contributed by atoms with Gasteiger partial charge in [-0.3, -0.25) is 0 Å². The highest BCUT2D eigenvalue weighted by Gasteiger charge is 2.25. The van der Waals surface area contributed by atoms with Crippen molar-refractivity contribution in [3.05, 3.63) is 0 Å². The lowest BCUT2D eigenvalue weighted by Crippen LogP contribution is -2.31. The number of hydrogen-bond donors (Lipinski definition) is 2. The maximum atomic E-state index is 5.72. The minimum absolute atomic E-state index is 0.514. The van der Waals surface area contributed by atoms with Gasteiger partial charge in [0, 0.05) is 13.2 Å². The van der Waals surface area contributed by atoms with Crippen molar-refractivity contribution in [2.75, 3.05) is 32.8 Å². The summed E-state index contributed by atoms with van der Waals surface area (Å²) in [4.78, 5) is 0. The summed E-state index contributed by atoms with van der Waals surface area (Å²) in [5.74, 6) is 1.69. The molecule has 2 aliphatic rings. The standard InChI is InChI=1S/C15H30N2O/c1-2-15-14(7-10-18-15)12-17-9-4-6-13-5-3-8-16-11-13/h13-17H,2-12H2,1H3. The summed E-state index contributed by atoms with van der Waals surface area (Å²) in [5.41, 5.74) is 0. The Morgan fingerprint density at radius 1 is 1.33 bits per heavy atom. The monoisotopic (exact) mass is 254 g/mol. The molecule has 2 aliphatic heterocycles. The average Bonchev–Trinajstić information content (AvgIpc) is 2.87. The molecule has 0 aromatic carbocycles. The summed E-state index contributed by atoms with van der Waals surface area (Å²) in [7, 11) is 0. The summed E-state index contributed by atoms with van der Waals surface area (Å²) >= 11 is 0. The Kier molecular flexibility index (Phi) is 6.46. The first-order valence-electron chi connectivity index (χ1n) is 7.93. The maximum absolute atomic E-state index is 5.72. The fourth-order valence-corrected chi connectivity index (χ4v) is 3.35. The van der Waals surface area contributed by atoms with Gasteiger partial charge in [-0.1, -0.05) is 6.92 Å². The van der Waals surface area contributed by atoms with E-state index in [4.69, 9.17) is 4.74 Å². The van der Waals surface area contributed by atoms with Gasteiger partial charge in [-0.05, 0) is 70.0 Å². The Morgan fingerprint density at radius 3 is 3.06 bits per heavy atom. The first-order chi connectivity index (χ1) is 8.90. The SMILES string of the molecule is CCC1OCCC1CNCCCC1CCCNC1. The van der Waals surface area contributed by atoms with Gasteiger partial charge in [0.2, 0.25) is 0 Å². The second-order valence-electron chi connectivity index (χ2n) is 5.92. The molecule has 2 N–H and O–H groups in total. The Labute approximate surface area is 112 Å². The number of hydrogen-bond acceptors (Lipinski definition) is 3. The second-order valence-corrected chi connectivity index (χ2v) is 5.92. The van der Waals surface area contributed by atoms with Crippen molar-refractivity contribution in [1.29, 1.82) is 0 Å². The van der Waals surface area contributed by atoms with E-state index < -0.39 is 0 Å². The molecular weight excluding hydrogens is 224 g/mol. The Hall–Kier alpha value is -0.120. The molecule has 0 aliphatic carbocycles. The fourth-order valence-electron chi connectivity index (χ4n) is 3.35. The third-order valence-corrected chi connectivity index (χ3v) is 4.52. The molecule has 106 valence electrons. The van der Waals surface area contributed by atoms with Gasteiger partial charge in [-0.25, -0.2) is 0 Å². The van der Waals surface area contributed by atoms with Gasteiger partial charge in [0.05, 0.1) is 6.10 Å². The number of rotatable bonds is 7. The molecule has 0 amide bonds. The molecular formula is C15H30N2O. The maximum Gasteiger partial charge on any atom is 0.0613 e. The fraction of sp³-hybridized carbons (Fsp3) is 1.00. The first kappa shape index (κ1) is 14.3. The normalized spacial score (nSPS) is 32.8. The van der Waals surface area contributed by atoms with E-state index in [2.05, 4.69) is 17.6 Å². The van der Waals surface area contributed by atoms with Crippen LogP contribution >= 0.6 is 0 Å². The summed E-state index contributed by atoms with van der Waals surface area (Å²) in [6, 6.07) is 0. The highest BCUT2D eigenvalue weighted by atomic mass is 16.5. The van der Waals surface area contributed by atoms with E-state index in [1.165, 1.54) is 58.2 Å². The molecule has 3 atom stereocenters. The highest BCUT2D eigenvalue weighted by molar-refractivity contribution is 4.77. The van der Waals surface area contributed by atoms with Gasteiger partial charge in [-0.15, -0.1) is 0 Å².